The summed E-state index contributed by atoms with van der Waals surface area (Å²) in [5.74, 6) is 1.14. The SMILES string of the molecule is C=CCOc1c(Cl)cc(CNCCNC[C@@H](C)O)cc1OC. The second-order valence-electron chi connectivity index (χ2n) is 4.94. The molecule has 1 aromatic carbocycles. The average molecular weight is 329 g/mol. The molecule has 0 saturated heterocycles. The second kappa shape index (κ2) is 10.5. The lowest BCUT2D eigenvalue weighted by atomic mass is 10.2. The largest absolute Gasteiger partial charge is 0.493 e. The molecule has 0 bridgehead atoms. The maximum absolute atomic E-state index is 9.13. The Labute approximate surface area is 137 Å². The van der Waals surface area contributed by atoms with Crippen molar-refractivity contribution in [3.63, 3.8) is 0 Å². The first-order chi connectivity index (χ1) is 10.6. The fourth-order valence-electron chi connectivity index (χ4n) is 1.88. The monoisotopic (exact) mass is 328 g/mol. The van der Waals surface area contributed by atoms with E-state index in [2.05, 4.69) is 17.2 Å². The normalized spacial score (nSPS) is 12.0. The highest BCUT2D eigenvalue weighted by Gasteiger charge is 2.11. The quantitative estimate of drug-likeness (QED) is 0.428. The van der Waals surface area contributed by atoms with Crippen molar-refractivity contribution >= 4 is 11.6 Å². The van der Waals surface area contributed by atoms with Gasteiger partial charge in [-0.2, -0.15) is 0 Å². The van der Waals surface area contributed by atoms with Crippen LogP contribution >= 0.6 is 11.6 Å². The van der Waals surface area contributed by atoms with Crippen LogP contribution in [0.4, 0.5) is 0 Å². The molecule has 1 aromatic rings. The molecule has 0 unspecified atom stereocenters. The first kappa shape index (κ1) is 18.8. The molecule has 0 aliphatic heterocycles. The first-order valence-corrected chi connectivity index (χ1v) is 7.65. The van der Waals surface area contributed by atoms with Crippen LogP contribution in [0, 0.1) is 0 Å². The third-order valence-electron chi connectivity index (χ3n) is 2.88. The highest BCUT2D eigenvalue weighted by atomic mass is 35.5. The van der Waals surface area contributed by atoms with Crippen molar-refractivity contribution in [3.05, 3.63) is 35.4 Å². The number of hydrogen-bond donors (Lipinski definition) is 3. The van der Waals surface area contributed by atoms with Gasteiger partial charge in [-0.3, -0.25) is 0 Å². The molecule has 0 saturated carbocycles. The molecule has 0 heterocycles. The van der Waals surface area contributed by atoms with Gasteiger partial charge in [-0.1, -0.05) is 24.3 Å². The first-order valence-electron chi connectivity index (χ1n) is 7.28. The van der Waals surface area contributed by atoms with Gasteiger partial charge in [-0.15, -0.1) is 0 Å². The standard InChI is InChI=1S/C16H25ClN2O3/c1-4-7-22-16-14(17)8-13(9-15(16)21-3)11-19-6-5-18-10-12(2)20/h4,8-9,12,18-20H,1,5-7,10-11H2,2-3H3/t12-/m1/s1. The summed E-state index contributed by atoms with van der Waals surface area (Å²) in [4.78, 5) is 0. The Balaban J connectivity index is 2.50. The maximum Gasteiger partial charge on any atom is 0.180 e. The number of halogens is 1. The number of rotatable bonds is 11. The number of aliphatic hydroxyl groups excluding tert-OH is 1. The fraction of sp³-hybridized carbons (Fsp3) is 0.500. The fourth-order valence-corrected chi connectivity index (χ4v) is 2.17. The molecule has 3 N–H and O–H groups in total. The van der Waals surface area contributed by atoms with Gasteiger partial charge in [0, 0.05) is 26.2 Å². The zero-order valence-electron chi connectivity index (χ0n) is 13.2. The summed E-state index contributed by atoms with van der Waals surface area (Å²) in [6.07, 6.45) is 1.33. The highest BCUT2D eigenvalue weighted by molar-refractivity contribution is 6.32. The summed E-state index contributed by atoms with van der Waals surface area (Å²) >= 11 is 6.24. The minimum absolute atomic E-state index is 0.328. The van der Waals surface area contributed by atoms with Gasteiger partial charge in [0.25, 0.3) is 0 Å². The molecule has 124 valence electrons. The van der Waals surface area contributed by atoms with Crippen LogP contribution in [0.25, 0.3) is 0 Å². The lowest BCUT2D eigenvalue weighted by molar-refractivity contribution is 0.191. The Morgan fingerprint density at radius 3 is 2.73 bits per heavy atom. The lowest BCUT2D eigenvalue weighted by Crippen LogP contribution is -2.31. The highest BCUT2D eigenvalue weighted by Crippen LogP contribution is 2.36. The van der Waals surface area contributed by atoms with E-state index in [1.54, 1.807) is 20.1 Å². The van der Waals surface area contributed by atoms with Crippen LogP contribution in [0.15, 0.2) is 24.8 Å². The van der Waals surface area contributed by atoms with E-state index < -0.39 is 0 Å². The number of benzene rings is 1. The van der Waals surface area contributed by atoms with Gasteiger partial charge >= 0.3 is 0 Å². The Kier molecular flexibility index (Phi) is 8.92. The Morgan fingerprint density at radius 1 is 1.36 bits per heavy atom. The summed E-state index contributed by atoms with van der Waals surface area (Å²) in [6, 6.07) is 3.76. The summed E-state index contributed by atoms with van der Waals surface area (Å²) in [5, 5.41) is 16.1. The van der Waals surface area contributed by atoms with Crippen LogP contribution in [0.5, 0.6) is 11.5 Å². The molecule has 6 heteroatoms. The van der Waals surface area contributed by atoms with E-state index in [4.69, 9.17) is 26.2 Å². The topological polar surface area (TPSA) is 62.8 Å². The summed E-state index contributed by atoms with van der Waals surface area (Å²) < 4.78 is 10.8. The summed E-state index contributed by atoms with van der Waals surface area (Å²) in [6.45, 7) is 8.60. The van der Waals surface area contributed by atoms with Crippen LogP contribution in [-0.2, 0) is 6.54 Å². The van der Waals surface area contributed by atoms with Crippen molar-refractivity contribution < 1.29 is 14.6 Å². The zero-order valence-corrected chi connectivity index (χ0v) is 13.9. The van der Waals surface area contributed by atoms with Crippen molar-refractivity contribution in [1.29, 1.82) is 0 Å². The minimum atomic E-state index is -0.328. The minimum Gasteiger partial charge on any atom is -0.493 e. The van der Waals surface area contributed by atoms with Crippen LogP contribution in [-0.4, -0.2) is 44.6 Å². The molecule has 0 aliphatic rings. The van der Waals surface area contributed by atoms with E-state index in [9.17, 15) is 0 Å². The zero-order chi connectivity index (χ0) is 16.4. The predicted octanol–water partition coefficient (Wildman–Crippen LogP) is 1.97. The number of ether oxygens (including phenoxy) is 2. The van der Waals surface area contributed by atoms with E-state index in [0.29, 0.717) is 36.2 Å². The molecule has 22 heavy (non-hydrogen) atoms. The van der Waals surface area contributed by atoms with Crippen molar-refractivity contribution in [2.24, 2.45) is 0 Å². The molecule has 0 amide bonds. The number of nitrogens with one attached hydrogen (secondary N) is 2. The molecular weight excluding hydrogens is 304 g/mol. The van der Waals surface area contributed by atoms with E-state index in [-0.39, 0.29) is 6.10 Å². The van der Waals surface area contributed by atoms with Gasteiger partial charge in [0.1, 0.15) is 6.61 Å². The third kappa shape index (κ3) is 6.66. The Bertz CT molecular complexity index is 467. The van der Waals surface area contributed by atoms with Gasteiger partial charge in [0.05, 0.1) is 18.2 Å². The third-order valence-corrected chi connectivity index (χ3v) is 3.16. The summed E-state index contributed by atoms with van der Waals surface area (Å²) in [5.41, 5.74) is 1.02. The smallest absolute Gasteiger partial charge is 0.180 e. The summed E-state index contributed by atoms with van der Waals surface area (Å²) in [7, 11) is 1.59. The molecule has 0 fully saturated rings. The van der Waals surface area contributed by atoms with Crippen molar-refractivity contribution in [1.82, 2.24) is 10.6 Å². The van der Waals surface area contributed by atoms with E-state index in [0.717, 1.165) is 18.7 Å². The lowest BCUT2D eigenvalue weighted by Gasteiger charge is -2.14. The van der Waals surface area contributed by atoms with Gasteiger partial charge in [-0.25, -0.2) is 0 Å². The van der Waals surface area contributed by atoms with Crippen LogP contribution in [0.1, 0.15) is 12.5 Å². The predicted molar refractivity (Wildman–Crippen MR) is 90.0 cm³/mol. The van der Waals surface area contributed by atoms with Gasteiger partial charge < -0.3 is 25.2 Å². The van der Waals surface area contributed by atoms with E-state index in [1.165, 1.54) is 0 Å². The molecule has 0 spiro atoms. The molecule has 0 aliphatic carbocycles. The number of methoxy groups -OCH3 is 1. The van der Waals surface area contributed by atoms with Gasteiger partial charge in [0.15, 0.2) is 11.5 Å². The van der Waals surface area contributed by atoms with Crippen LogP contribution in [0.2, 0.25) is 5.02 Å². The van der Waals surface area contributed by atoms with Gasteiger partial charge in [-0.05, 0) is 24.6 Å². The number of hydrogen-bond acceptors (Lipinski definition) is 5. The molecule has 5 nitrogen and oxygen atoms in total. The second-order valence-corrected chi connectivity index (χ2v) is 5.35. The number of aliphatic hydroxyl groups is 1. The van der Waals surface area contributed by atoms with Crippen molar-refractivity contribution in [3.8, 4) is 11.5 Å². The molecule has 1 atom stereocenters. The molecule has 1 rings (SSSR count). The van der Waals surface area contributed by atoms with Crippen molar-refractivity contribution in [2.75, 3.05) is 33.4 Å². The Morgan fingerprint density at radius 2 is 2.09 bits per heavy atom. The Hall–Kier alpha value is -1.27. The van der Waals surface area contributed by atoms with Gasteiger partial charge in [0.2, 0.25) is 0 Å². The van der Waals surface area contributed by atoms with Crippen LogP contribution < -0.4 is 20.1 Å². The maximum atomic E-state index is 9.13. The van der Waals surface area contributed by atoms with Crippen molar-refractivity contribution in [2.45, 2.75) is 19.6 Å². The average Bonchev–Trinajstić information content (AvgIpc) is 2.48. The van der Waals surface area contributed by atoms with Crippen LogP contribution in [0.3, 0.4) is 0 Å². The molecular formula is C16H25ClN2O3. The molecule has 0 aromatic heterocycles. The molecule has 0 radical (unpaired) electrons. The van der Waals surface area contributed by atoms with E-state index >= 15 is 0 Å². The van der Waals surface area contributed by atoms with E-state index in [1.807, 2.05) is 12.1 Å².